The van der Waals surface area contributed by atoms with Gasteiger partial charge in [0, 0.05) is 11.6 Å². The van der Waals surface area contributed by atoms with Crippen molar-refractivity contribution in [1.29, 1.82) is 0 Å². The minimum absolute atomic E-state index is 0.302. The molecule has 1 atom stereocenters. The van der Waals surface area contributed by atoms with Gasteiger partial charge in [0.25, 0.3) is 0 Å². The molecule has 0 radical (unpaired) electrons. The van der Waals surface area contributed by atoms with E-state index >= 15 is 0 Å². The summed E-state index contributed by atoms with van der Waals surface area (Å²) in [7, 11) is 0. The fourth-order valence-corrected chi connectivity index (χ4v) is 2.67. The fraction of sp³-hybridized carbons (Fsp3) is 0.357. The van der Waals surface area contributed by atoms with Gasteiger partial charge in [0.05, 0.1) is 11.4 Å². The second kappa shape index (κ2) is 4.28. The number of H-pyrrole nitrogens is 1. The van der Waals surface area contributed by atoms with E-state index in [4.69, 9.17) is 9.47 Å². The zero-order valence-corrected chi connectivity index (χ0v) is 10.5. The van der Waals surface area contributed by atoms with Crippen molar-refractivity contribution in [2.45, 2.75) is 18.9 Å². The van der Waals surface area contributed by atoms with Crippen molar-refractivity contribution in [2.24, 2.45) is 0 Å². The molecule has 1 aromatic carbocycles. The topological polar surface area (TPSA) is 59.2 Å². The molecule has 1 fully saturated rings. The van der Waals surface area contributed by atoms with Crippen molar-refractivity contribution < 1.29 is 9.47 Å². The molecule has 19 heavy (non-hydrogen) atoms. The molecule has 0 bridgehead atoms. The van der Waals surface area contributed by atoms with E-state index in [0.29, 0.717) is 12.8 Å². The van der Waals surface area contributed by atoms with Crippen LogP contribution < -0.4 is 14.8 Å². The maximum atomic E-state index is 5.39. The second-order valence-corrected chi connectivity index (χ2v) is 4.93. The molecule has 2 aromatic rings. The van der Waals surface area contributed by atoms with Crippen molar-refractivity contribution in [2.75, 3.05) is 13.3 Å². The van der Waals surface area contributed by atoms with Gasteiger partial charge in [-0.2, -0.15) is 5.10 Å². The third-order valence-electron chi connectivity index (χ3n) is 3.70. The summed E-state index contributed by atoms with van der Waals surface area (Å²) in [6.07, 6.45) is 2.39. The van der Waals surface area contributed by atoms with E-state index in [-0.39, 0.29) is 0 Å². The molecule has 5 nitrogen and oxygen atoms in total. The van der Waals surface area contributed by atoms with Crippen LogP contribution in [0.25, 0.3) is 11.3 Å². The molecule has 0 aliphatic carbocycles. The van der Waals surface area contributed by atoms with Gasteiger partial charge in [-0.25, -0.2) is 0 Å². The van der Waals surface area contributed by atoms with Crippen LogP contribution in [0.5, 0.6) is 11.5 Å². The molecule has 0 spiro atoms. The van der Waals surface area contributed by atoms with Gasteiger partial charge in [-0.05, 0) is 43.7 Å². The maximum absolute atomic E-state index is 5.39. The van der Waals surface area contributed by atoms with Gasteiger partial charge < -0.3 is 14.8 Å². The highest BCUT2D eigenvalue weighted by Gasteiger charge is 2.19. The number of rotatable bonds is 2. The first-order valence-corrected chi connectivity index (χ1v) is 6.59. The van der Waals surface area contributed by atoms with E-state index in [1.54, 1.807) is 0 Å². The molecule has 98 valence electrons. The Morgan fingerprint density at radius 3 is 3.00 bits per heavy atom. The molecule has 2 N–H and O–H groups in total. The van der Waals surface area contributed by atoms with Crippen molar-refractivity contribution in [1.82, 2.24) is 15.5 Å². The number of fused-ring (bicyclic) bond motifs is 1. The van der Waals surface area contributed by atoms with Crippen LogP contribution in [-0.2, 0) is 0 Å². The van der Waals surface area contributed by atoms with E-state index in [0.717, 1.165) is 35.0 Å². The molecule has 3 heterocycles. The SMILES string of the molecule is c1cc2c(cc1-c1cc(C3CCCN3)[nH]n1)OCO2. The van der Waals surface area contributed by atoms with E-state index in [2.05, 4.69) is 21.6 Å². The standard InChI is InChI=1S/C14H15N3O2/c1-2-10(15-5-1)12-7-11(16-17-12)9-3-4-13-14(6-9)19-8-18-13/h3-4,6-7,10,15H,1-2,5,8H2,(H,16,17). The van der Waals surface area contributed by atoms with Crippen LogP contribution in [0.1, 0.15) is 24.6 Å². The zero-order chi connectivity index (χ0) is 12.7. The zero-order valence-electron chi connectivity index (χ0n) is 10.5. The van der Waals surface area contributed by atoms with Crippen LogP contribution in [0.15, 0.2) is 24.3 Å². The number of hydrogen-bond acceptors (Lipinski definition) is 4. The summed E-state index contributed by atoms with van der Waals surface area (Å²) in [5.74, 6) is 1.60. The van der Waals surface area contributed by atoms with Crippen LogP contribution in [0.3, 0.4) is 0 Å². The van der Waals surface area contributed by atoms with Gasteiger partial charge in [-0.15, -0.1) is 0 Å². The Labute approximate surface area is 110 Å². The molecule has 0 amide bonds. The van der Waals surface area contributed by atoms with E-state index < -0.39 is 0 Å². The second-order valence-electron chi connectivity index (χ2n) is 4.93. The highest BCUT2D eigenvalue weighted by atomic mass is 16.7. The minimum Gasteiger partial charge on any atom is -0.454 e. The summed E-state index contributed by atoms with van der Waals surface area (Å²) in [6.45, 7) is 1.39. The van der Waals surface area contributed by atoms with Gasteiger partial charge in [-0.1, -0.05) is 0 Å². The van der Waals surface area contributed by atoms with Crippen molar-refractivity contribution in [3.8, 4) is 22.8 Å². The molecule has 4 rings (SSSR count). The summed E-state index contributed by atoms with van der Waals surface area (Å²) < 4.78 is 10.7. The normalized spacial score (nSPS) is 20.9. The smallest absolute Gasteiger partial charge is 0.231 e. The number of nitrogens with zero attached hydrogens (tertiary/aromatic N) is 1. The van der Waals surface area contributed by atoms with Crippen LogP contribution >= 0.6 is 0 Å². The lowest BCUT2D eigenvalue weighted by atomic mass is 10.1. The van der Waals surface area contributed by atoms with Gasteiger partial charge in [-0.3, -0.25) is 5.10 Å². The summed E-state index contributed by atoms with van der Waals surface area (Å²) in [5.41, 5.74) is 3.15. The Morgan fingerprint density at radius 2 is 2.11 bits per heavy atom. The Kier molecular flexibility index (Phi) is 2.45. The Balaban J connectivity index is 1.65. The monoisotopic (exact) mass is 257 g/mol. The lowest BCUT2D eigenvalue weighted by molar-refractivity contribution is 0.174. The average molecular weight is 257 g/mol. The summed E-state index contributed by atoms with van der Waals surface area (Å²) in [5, 5.41) is 11.0. The Bertz CT molecular complexity index is 602. The first-order valence-electron chi connectivity index (χ1n) is 6.59. The van der Waals surface area contributed by atoms with Gasteiger partial charge in [0.1, 0.15) is 0 Å². The van der Waals surface area contributed by atoms with Crippen molar-refractivity contribution >= 4 is 0 Å². The first kappa shape index (κ1) is 10.9. The number of aromatic amines is 1. The molecule has 1 aromatic heterocycles. The van der Waals surface area contributed by atoms with E-state index in [1.807, 2.05) is 18.2 Å². The molecule has 1 unspecified atom stereocenters. The number of hydrogen-bond donors (Lipinski definition) is 2. The van der Waals surface area contributed by atoms with Crippen LogP contribution in [0.2, 0.25) is 0 Å². The maximum Gasteiger partial charge on any atom is 0.231 e. The third-order valence-corrected chi connectivity index (χ3v) is 3.70. The summed E-state index contributed by atoms with van der Waals surface area (Å²) >= 11 is 0. The minimum atomic E-state index is 0.302. The number of benzene rings is 1. The quantitative estimate of drug-likeness (QED) is 0.866. The average Bonchev–Trinajstić information content (AvgIpc) is 3.18. The third kappa shape index (κ3) is 1.86. The highest BCUT2D eigenvalue weighted by Crippen LogP contribution is 2.36. The van der Waals surface area contributed by atoms with Crippen molar-refractivity contribution in [3.63, 3.8) is 0 Å². The van der Waals surface area contributed by atoms with Crippen LogP contribution in [0, 0.1) is 0 Å². The Morgan fingerprint density at radius 1 is 1.16 bits per heavy atom. The molecule has 2 aliphatic heterocycles. The van der Waals surface area contributed by atoms with Crippen LogP contribution in [-0.4, -0.2) is 23.5 Å². The van der Waals surface area contributed by atoms with Gasteiger partial charge in [0.15, 0.2) is 11.5 Å². The largest absolute Gasteiger partial charge is 0.454 e. The molecular weight excluding hydrogens is 242 g/mol. The molecule has 2 aliphatic rings. The Hall–Kier alpha value is -2.01. The van der Waals surface area contributed by atoms with Crippen LogP contribution in [0.4, 0.5) is 0 Å². The molecule has 5 heteroatoms. The number of aromatic nitrogens is 2. The lowest BCUT2D eigenvalue weighted by Crippen LogP contribution is -2.12. The molecule has 0 saturated carbocycles. The summed E-state index contributed by atoms with van der Waals surface area (Å²) in [4.78, 5) is 0. The lowest BCUT2D eigenvalue weighted by Gasteiger charge is -2.05. The summed E-state index contributed by atoms with van der Waals surface area (Å²) in [6, 6.07) is 8.44. The van der Waals surface area contributed by atoms with Gasteiger partial charge in [0.2, 0.25) is 6.79 Å². The fourth-order valence-electron chi connectivity index (χ4n) is 2.67. The van der Waals surface area contributed by atoms with Gasteiger partial charge >= 0.3 is 0 Å². The van der Waals surface area contributed by atoms with E-state index in [1.165, 1.54) is 12.8 Å². The highest BCUT2D eigenvalue weighted by molar-refractivity contribution is 5.64. The molecule has 1 saturated heterocycles. The molecular formula is C14H15N3O2. The van der Waals surface area contributed by atoms with E-state index in [9.17, 15) is 0 Å². The number of ether oxygens (including phenoxy) is 2. The predicted molar refractivity (Wildman–Crippen MR) is 70.1 cm³/mol. The predicted octanol–water partition coefficient (Wildman–Crippen LogP) is 2.23. The first-order chi connectivity index (χ1) is 9.40. The van der Waals surface area contributed by atoms with Crippen molar-refractivity contribution in [3.05, 3.63) is 30.0 Å². The number of nitrogens with one attached hydrogen (secondary N) is 2.